The van der Waals surface area contributed by atoms with Crippen molar-refractivity contribution in [3.8, 4) is 0 Å². The number of aryl methyl sites for hydroxylation is 2. The monoisotopic (exact) mass is 289 g/mol. The molecule has 96 valence electrons. The lowest BCUT2D eigenvalue weighted by Crippen LogP contribution is -1.97. The Hall–Kier alpha value is -1.65. The topological polar surface area (TPSA) is 37.8 Å². The molecule has 3 aromatic rings. The molecule has 0 atom stereocenters. The Morgan fingerprint density at radius 2 is 1.84 bits per heavy atom. The lowest BCUT2D eigenvalue weighted by Gasteiger charge is -2.07. The van der Waals surface area contributed by atoms with Crippen molar-refractivity contribution in [3.63, 3.8) is 0 Å². The number of benzene rings is 1. The van der Waals surface area contributed by atoms with Gasteiger partial charge in [-0.1, -0.05) is 11.6 Å². The van der Waals surface area contributed by atoms with Crippen LogP contribution >= 0.6 is 22.9 Å². The highest BCUT2D eigenvalue weighted by Gasteiger charge is 2.09. The summed E-state index contributed by atoms with van der Waals surface area (Å²) in [6.45, 7) is 3.98. The van der Waals surface area contributed by atoms with E-state index in [-0.39, 0.29) is 0 Å². The van der Waals surface area contributed by atoms with Crippen LogP contribution in [0.25, 0.3) is 10.2 Å². The molecule has 0 spiro atoms. The zero-order chi connectivity index (χ0) is 13.4. The third-order valence-electron chi connectivity index (χ3n) is 2.73. The van der Waals surface area contributed by atoms with Crippen molar-refractivity contribution in [1.29, 1.82) is 0 Å². The maximum Gasteiger partial charge on any atom is 0.142 e. The van der Waals surface area contributed by atoms with Gasteiger partial charge in [0.05, 0.1) is 5.39 Å². The summed E-state index contributed by atoms with van der Waals surface area (Å²) in [5.74, 6) is 1.61. The highest BCUT2D eigenvalue weighted by Crippen LogP contribution is 2.30. The summed E-state index contributed by atoms with van der Waals surface area (Å²) in [5, 5.41) is 5.11. The minimum atomic E-state index is 0.723. The van der Waals surface area contributed by atoms with Crippen LogP contribution in [-0.4, -0.2) is 9.97 Å². The normalized spacial score (nSPS) is 10.9. The highest BCUT2D eigenvalue weighted by molar-refractivity contribution is 7.18. The third kappa shape index (κ3) is 2.55. The van der Waals surface area contributed by atoms with Gasteiger partial charge in [0.1, 0.15) is 16.5 Å². The molecule has 3 rings (SSSR count). The van der Waals surface area contributed by atoms with Crippen LogP contribution in [0, 0.1) is 13.8 Å². The molecule has 2 aromatic heterocycles. The fourth-order valence-corrected chi connectivity index (χ4v) is 2.96. The number of nitrogens with one attached hydrogen (secondary N) is 1. The molecule has 19 heavy (non-hydrogen) atoms. The van der Waals surface area contributed by atoms with Crippen molar-refractivity contribution in [2.24, 2.45) is 0 Å². The largest absolute Gasteiger partial charge is 0.340 e. The Balaban J connectivity index is 2.06. The lowest BCUT2D eigenvalue weighted by atomic mass is 10.3. The molecule has 0 fully saturated rings. The lowest BCUT2D eigenvalue weighted by molar-refractivity contribution is 1.10. The first-order chi connectivity index (χ1) is 9.11. The molecule has 0 saturated heterocycles. The number of rotatable bonds is 2. The van der Waals surface area contributed by atoms with Crippen LogP contribution in [0.3, 0.4) is 0 Å². The average Bonchev–Trinajstić information content (AvgIpc) is 2.72. The van der Waals surface area contributed by atoms with Crippen molar-refractivity contribution in [2.45, 2.75) is 13.8 Å². The number of hydrogen-bond donors (Lipinski definition) is 1. The van der Waals surface area contributed by atoms with Crippen LogP contribution in [0.15, 0.2) is 30.3 Å². The van der Waals surface area contributed by atoms with Crippen molar-refractivity contribution in [1.82, 2.24) is 9.97 Å². The van der Waals surface area contributed by atoms with Gasteiger partial charge in [0.2, 0.25) is 0 Å². The first-order valence-corrected chi connectivity index (χ1v) is 7.08. The van der Waals surface area contributed by atoms with Crippen LogP contribution in [0.2, 0.25) is 5.02 Å². The maximum atomic E-state index is 5.89. The molecular weight excluding hydrogens is 278 g/mol. The maximum absolute atomic E-state index is 5.89. The zero-order valence-electron chi connectivity index (χ0n) is 10.6. The van der Waals surface area contributed by atoms with E-state index >= 15 is 0 Å². The third-order valence-corrected chi connectivity index (χ3v) is 3.93. The second kappa shape index (κ2) is 4.79. The van der Waals surface area contributed by atoms with E-state index in [4.69, 9.17) is 11.6 Å². The Kier molecular flexibility index (Phi) is 3.12. The quantitative estimate of drug-likeness (QED) is 0.743. The van der Waals surface area contributed by atoms with Gasteiger partial charge in [-0.2, -0.15) is 0 Å². The molecule has 0 saturated carbocycles. The van der Waals surface area contributed by atoms with Gasteiger partial charge in [0, 0.05) is 15.6 Å². The number of fused-ring (bicyclic) bond motifs is 1. The van der Waals surface area contributed by atoms with Gasteiger partial charge in [-0.15, -0.1) is 11.3 Å². The summed E-state index contributed by atoms with van der Waals surface area (Å²) in [6.07, 6.45) is 0. The standard InChI is InChI=1S/C14H12ClN3S/c1-8-7-12-13(16-9(2)17-14(12)19-8)18-11-5-3-10(15)4-6-11/h3-7H,1-2H3,(H,16,17,18). The Labute approximate surface area is 120 Å². The fraction of sp³-hybridized carbons (Fsp3) is 0.143. The summed E-state index contributed by atoms with van der Waals surface area (Å²) in [4.78, 5) is 11.2. The number of halogens is 1. The second-order valence-corrected chi connectivity index (χ2v) is 6.00. The van der Waals surface area contributed by atoms with E-state index in [9.17, 15) is 0 Å². The Morgan fingerprint density at radius 1 is 1.11 bits per heavy atom. The molecule has 0 aliphatic heterocycles. The predicted molar refractivity (Wildman–Crippen MR) is 81.6 cm³/mol. The van der Waals surface area contributed by atoms with Crippen LogP contribution in [0.5, 0.6) is 0 Å². The van der Waals surface area contributed by atoms with Gasteiger partial charge >= 0.3 is 0 Å². The fourth-order valence-electron chi connectivity index (χ4n) is 1.91. The number of thiophene rings is 1. The molecule has 0 aliphatic rings. The molecule has 0 radical (unpaired) electrons. The summed E-state index contributed by atoms with van der Waals surface area (Å²) in [6, 6.07) is 9.69. The molecule has 3 nitrogen and oxygen atoms in total. The zero-order valence-corrected chi connectivity index (χ0v) is 12.1. The number of anilines is 2. The van der Waals surface area contributed by atoms with Gasteiger partial charge in [0.25, 0.3) is 0 Å². The SMILES string of the molecule is Cc1nc(Nc2ccc(Cl)cc2)c2cc(C)sc2n1. The van der Waals surface area contributed by atoms with E-state index in [1.165, 1.54) is 4.88 Å². The molecule has 0 amide bonds. The van der Waals surface area contributed by atoms with E-state index < -0.39 is 0 Å². The molecule has 1 aromatic carbocycles. The smallest absolute Gasteiger partial charge is 0.142 e. The molecule has 2 heterocycles. The number of hydrogen-bond acceptors (Lipinski definition) is 4. The molecular formula is C14H12ClN3S. The average molecular weight is 290 g/mol. The number of aromatic nitrogens is 2. The summed E-state index contributed by atoms with van der Waals surface area (Å²) >= 11 is 7.57. The molecule has 1 N–H and O–H groups in total. The second-order valence-electron chi connectivity index (χ2n) is 4.33. The van der Waals surface area contributed by atoms with Gasteiger partial charge in [-0.25, -0.2) is 9.97 Å². The van der Waals surface area contributed by atoms with Crippen LogP contribution < -0.4 is 5.32 Å². The van der Waals surface area contributed by atoms with Crippen molar-refractivity contribution < 1.29 is 0 Å². The summed E-state index contributed by atoms with van der Waals surface area (Å²) in [5.41, 5.74) is 0.965. The van der Waals surface area contributed by atoms with Crippen LogP contribution in [0.1, 0.15) is 10.7 Å². The Bertz CT molecular complexity index is 734. The highest BCUT2D eigenvalue weighted by atomic mass is 35.5. The van der Waals surface area contributed by atoms with Crippen molar-refractivity contribution >= 4 is 44.7 Å². The first-order valence-electron chi connectivity index (χ1n) is 5.89. The van der Waals surface area contributed by atoms with E-state index in [0.717, 1.165) is 32.6 Å². The summed E-state index contributed by atoms with van der Waals surface area (Å²) in [7, 11) is 0. The Morgan fingerprint density at radius 3 is 2.58 bits per heavy atom. The van der Waals surface area contributed by atoms with Crippen LogP contribution in [-0.2, 0) is 0 Å². The van der Waals surface area contributed by atoms with Crippen molar-refractivity contribution in [3.05, 3.63) is 46.1 Å². The van der Waals surface area contributed by atoms with E-state index in [1.807, 2.05) is 31.2 Å². The minimum absolute atomic E-state index is 0.723. The molecule has 0 aliphatic carbocycles. The predicted octanol–water partition coefficient (Wildman–Crippen LogP) is 4.71. The van der Waals surface area contributed by atoms with E-state index in [1.54, 1.807) is 11.3 Å². The summed E-state index contributed by atoms with van der Waals surface area (Å²) < 4.78 is 0. The molecule has 0 unspecified atom stereocenters. The van der Waals surface area contributed by atoms with E-state index in [0.29, 0.717) is 0 Å². The van der Waals surface area contributed by atoms with Gasteiger partial charge in [0.15, 0.2) is 0 Å². The van der Waals surface area contributed by atoms with Gasteiger partial charge in [-0.05, 0) is 44.2 Å². The van der Waals surface area contributed by atoms with Gasteiger partial charge < -0.3 is 5.32 Å². The first kappa shape index (κ1) is 12.4. The molecule has 5 heteroatoms. The minimum Gasteiger partial charge on any atom is -0.340 e. The van der Waals surface area contributed by atoms with E-state index in [2.05, 4.69) is 28.3 Å². The van der Waals surface area contributed by atoms with Crippen LogP contribution in [0.4, 0.5) is 11.5 Å². The van der Waals surface area contributed by atoms with Gasteiger partial charge in [-0.3, -0.25) is 0 Å². The van der Waals surface area contributed by atoms with Crippen molar-refractivity contribution in [2.75, 3.05) is 5.32 Å². The number of nitrogens with zero attached hydrogens (tertiary/aromatic N) is 2. The molecule has 0 bridgehead atoms.